The lowest BCUT2D eigenvalue weighted by Crippen LogP contribution is -2.26. The molecular formula is C18H18N4O3S2. The lowest BCUT2D eigenvalue weighted by atomic mass is 10.1. The first-order valence-corrected chi connectivity index (χ1v) is 10.1. The smallest absolute Gasteiger partial charge is 0.317 e. The maximum Gasteiger partial charge on any atom is 0.317 e. The van der Waals surface area contributed by atoms with Crippen LogP contribution in [0.4, 0.5) is 0 Å². The van der Waals surface area contributed by atoms with Gasteiger partial charge in [0.25, 0.3) is 5.91 Å². The van der Waals surface area contributed by atoms with Gasteiger partial charge in [0.05, 0.1) is 10.6 Å². The van der Waals surface area contributed by atoms with Crippen molar-refractivity contribution in [1.29, 1.82) is 0 Å². The van der Waals surface area contributed by atoms with Crippen LogP contribution in [0.5, 0.6) is 0 Å². The molecule has 2 aromatic heterocycles. The van der Waals surface area contributed by atoms with Crippen LogP contribution in [0.25, 0.3) is 10.7 Å². The molecule has 0 radical (unpaired) electrons. The number of nitrogens with zero attached hydrogens (tertiary/aromatic N) is 3. The number of hydrogen-bond acceptors (Lipinski definition) is 7. The van der Waals surface area contributed by atoms with E-state index in [-0.39, 0.29) is 5.75 Å². The molecule has 9 heteroatoms. The summed E-state index contributed by atoms with van der Waals surface area (Å²) in [7, 11) is 0. The molecule has 2 heterocycles. The van der Waals surface area contributed by atoms with Gasteiger partial charge in [-0.05, 0) is 18.4 Å². The fourth-order valence-corrected chi connectivity index (χ4v) is 3.98. The van der Waals surface area contributed by atoms with Crippen molar-refractivity contribution >= 4 is 35.0 Å². The van der Waals surface area contributed by atoms with Gasteiger partial charge < -0.3 is 15.0 Å². The van der Waals surface area contributed by atoms with Crippen LogP contribution in [0.2, 0.25) is 0 Å². The third-order valence-electron chi connectivity index (χ3n) is 3.70. The zero-order valence-corrected chi connectivity index (χ0v) is 16.2. The summed E-state index contributed by atoms with van der Waals surface area (Å²) in [5.41, 5.74) is 5.92. The van der Waals surface area contributed by atoms with E-state index in [1.165, 1.54) is 11.8 Å². The highest BCUT2D eigenvalue weighted by Crippen LogP contribution is 2.27. The number of thiophene rings is 1. The Morgan fingerprint density at radius 2 is 2.00 bits per heavy atom. The average molecular weight is 403 g/mol. The number of hydrogen-bond donors (Lipinski definition) is 1. The topological polar surface area (TPSA) is 100 Å². The van der Waals surface area contributed by atoms with E-state index < -0.39 is 18.0 Å². The number of amides is 1. The van der Waals surface area contributed by atoms with E-state index in [4.69, 9.17) is 10.5 Å². The molecule has 27 heavy (non-hydrogen) atoms. The molecule has 0 aliphatic rings. The summed E-state index contributed by atoms with van der Waals surface area (Å²) in [6.07, 6.45) is -1.11. The molecule has 1 unspecified atom stereocenters. The summed E-state index contributed by atoms with van der Waals surface area (Å²) in [4.78, 5) is 24.9. The molecular weight excluding hydrogens is 384 g/mol. The van der Waals surface area contributed by atoms with Gasteiger partial charge in [-0.15, -0.1) is 21.5 Å². The van der Waals surface area contributed by atoms with Gasteiger partial charge in [0.1, 0.15) is 0 Å². The van der Waals surface area contributed by atoms with Crippen molar-refractivity contribution in [2.24, 2.45) is 5.73 Å². The number of esters is 1. The number of benzene rings is 1. The van der Waals surface area contributed by atoms with Crippen LogP contribution < -0.4 is 5.73 Å². The number of aromatic nitrogens is 3. The third-order valence-corrected chi connectivity index (χ3v) is 5.51. The zero-order chi connectivity index (χ0) is 19.2. The molecule has 1 atom stereocenters. The summed E-state index contributed by atoms with van der Waals surface area (Å²) in [5, 5.41) is 11.0. The molecule has 1 amide bonds. The van der Waals surface area contributed by atoms with Crippen molar-refractivity contribution in [3.05, 3.63) is 53.4 Å². The van der Waals surface area contributed by atoms with Crippen LogP contribution in [0, 0.1) is 0 Å². The largest absolute Gasteiger partial charge is 0.447 e. The summed E-state index contributed by atoms with van der Waals surface area (Å²) >= 11 is 2.79. The average Bonchev–Trinajstić information content (AvgIpc) is 3.33. The van der Waals surface area contributed by atoms with Gasteiger partial charge in [-0.3, -0.25) is 9.59 Å². The molecule has 0 saturated heterocycles. The molecule has 0 aliphatic carbocycles. The highest BCUT2D eigenvalue weighted by Gasteiger charge is 2.23. The SMILES string of the molecule is CCn1c(SCC(=O)OC(C(N)=O)c2ccccc2)nnc1-c1cccs1. The van der Waals surface area contributed by atoms with Crippen molar-refractivity contribution in [2.75, 3.05) is 5.75 Å². The minimum atomic E-state index is -1.11. The molecule has 7 nitrogen and oxygen atoms in total. The van der Waals surface area contributed by atoms with Crippen molar-refractivity contribution < 1.29 is 14.3 Å². The van der Waals surface area contributed by atoms with Crippen molar-refractivity contribution in [3.8, 4) is 10.7 Å². The second kappa shape index (κ2) is 8.83. The molecule has 2 N–H and O–H groups in total. The van der Waals surface area contributed by atoms with Crippen LogP contribution in [0.3, 0.4) is 0 Å². The molecule has 0 bridgehead atoms. The first kappa shape index (κ1) is 19.1. The predicted molar refractivity (Wildman–Crippen MR) is 104 cm³/mol. The van der Waals surface area contributed by atoms with Crippen molar-refractivity contribution in [3.63, 3.8) is 0 Å². The van der Waals surface area contributed by atoms with Gasteiger partial charge >= 0.3 is 5.97 Å². The van der Waals surface area contributed by atoms with Crippen molar-refractivity contribution in [1.82, 2.24) is 14.8 Å². The van der Waals surface area contributed by atoms with Crippen LogP contribution in [0.1, 0.15) is 18.6 Å². The quantitative estimate of drug-likeness (QED) is 0.459. The number of thioether (sulfide) groups is 1. The maximum atomic E-state index is 12.2. The molecule has 140 valence electrons. The first-order chi connectivity index (χ1) is 13.1. The summed E-state index contributed by atoms with van der Waals surface area (Å²) < 4.78 is 7.22. The van der Waals surface area contributed by atoms with Crippen LogP contribution in [0.15, 0.2) is 53.0 Å². The number of rotatable bonds is 8. The Kier molecular flexibility index (Phi) is 6.25. The maximum absolute atomic E-state index is 12.2. The first-order valence-electron chi connectivity index (χ1n) is 8.23. The fraction of sp³-hybridized carbons (Fsp3) is 0.222. The molecule has 0 fully saturated rings. The van der Waals surface area contributed by atoms with Gasteiger partial charge in [-0.2, -0.15) is 0 Å². The van der Waals surface area contributed by atoms with Gasteiger partial charge in [0.15, 0.2) is 11.0 Å². The lowest BCUT2D eigenvalue weighted by Gasteiger charge is -2.14. The van der Waals surface area contributed by atoms with Crippen LogP contribution in [-0.4, -0.2) is 32.4 Å². The van der Waals surface area contributed by atoms with E-state index >= 15 is 0 Å². The Morgan fingerprint density at radius 3 is 2.63 bits per heavy atom. The minimum absolute atomic E-state index is 0.000806. The molecule has 0 saturated carbocycles. The molecule has 0 spiro atoms. The third kappa shape index (κ3) is 4.55. The van der Waals surface area contributed by atoms with E-state index in [1.807, 2.05) is 35.1 Å². The highest BCUT2D eigenvalue weighted by atomic mass is 32.2. The van der Waals surface area contributed by atoms with Gasteiger partial charge in [0.2, 0.25) is 6.10 Å². The highest BCUT2D eigenvalue weighted by molar-refractivity contribution is 7.99. The van der Waals surface area contributed by atoms with E-state index in [9.17, 15) is 9.59 Å². The van der Waals surface area contributed by atoms with Gasteiger partial charge in [-0.25, -0.2) is 0 Å². The fourth-order valence-electron chi connectivity index (χ4n) is 2.48. The second-order valence-corrected chi connectivity index (χ2v) is 7.39. The van der Waals surface area contributed by atoms with Gasteiger partial charge in [0, 0.05) is 12.1 Å². The standard InChI is InChI=1S/C18H18N4O3S2/c1-2-22-17(13-9-6-10-26-13)20-21-18(22)27-11-14(23)25-15(16(19)24)12-7-4-3-5-8-12/h3-10,15H,2,11H2,1H3,(H2,19,24). The predicted octanol–water partition coefficient (Wildman–Crippen LogP) is 2.89. The summed E-state index contributed by atoms with van der Waals surface area (Å²) in [6, 6.07) is 12.6. The van der Waals surface area contributed by atoms with Crippen LogP contribution >= 0.6 is 23.1 Å². The lowest BCUT2D eigenvalue weighted by molar-refractivity contribution is -0.152. The molecule has 1 aromatic carbocycles. The Morgan fingerprint density at radius 1 is 1.22 bits per heavy atom. The number of ether oxygens (including phenoxy) is 1. The molecule has 0 aliphatic heterocycles. The Bertz CT molecular complexity index is 910. The number of primary amides is 1. The minimum Gasteiger partial charge on any atom is -0.447 e. The monoisotopic (exact) mass is 402 g/mol. The summed E-state index contributed by atoms with van der Waals surface area (Å²) in [5.74, 6) is -0.492. The summed E-state index contributed by atoms with van der Waals surface area (Å²) in [6.45, 7) is 2.66. The number of nitrogens with two attached hydrogens (primary N) is 1. The number of carbonyl (C=O) groups is 2. The van der Waals surface area contributed by atoms with E-state index in [0.717, 1.165) is 10.7 Å². The van der Waals surface area contributed by atoms with E-state index in [2.05, 4.69) is 10.2 Å². The zero-order valence-electron chi connectivity index (χ0n) is 14.6. The normalized spacial score (nSPS) is 11.9. The Labute approximate surface area is 164 Å². The second-order valence-electron chi connectivity index (χ2n) is 5.50. The number of carbonyl (C=O) groups excluding carboxylic acids is 2. The Balaban J connectivity index is 1.66. The van der Waals surface area contributed by atoms with Crippen molar-refractivity contribution in [2.45, 2.75) is 24.7 Å². The van der Waals surface area contributed by atoms with Gasteiger partial charge in [-0.1, -0.05) is 48.2 Å². The molecule has 3 aromatic rings. The van der Waals surface area contributed by atoms with E-state index in [1.54, 1.807) is 35.6 Å². The molecule has 3 rings (SSSR count). The Hall–Kier alpha value is -2.65. The van der Waals surface area contributed by atoms with Crippen LogP contribution in [-0.2, 0) is 20.9 Å². The van der Waals surface area contributed by atoms with E-state index in [0.29, 0.717) is 17.3 Å².